The van der Waals surface area contributed by atoms with Gasteiger partial charge in [-0.05, 0) is 40.3 Å². The summed E-state index contributed by atoms with van der Waals surface area (Å²) in [6.45, 7) is 1.59. The highest BCUT2D eigenvalue weighted by Gasteiger charge is 2.58. The molecule has 5 heteroatoms. The Balaban J connectivity index is 1.54. The summed E-state index contributed by atoms with van der Waals surface area (Å²) in [7, 11) is 0. The highest BCUT2D eigenvalue weighted by Crippen LogP contribution is 2.56. The maximum Gasteiger partial charge on any atom is 0.324 e. The van der Waals surface area contributed by atoms with Gasteiger partial charge in [0.25, 0.3) is 0 Å². The van der Waals surface area contributed by atoms with E-state index in [9.17, 15) is 14.4 Å². The summed E-state index contributed by atoms with van der Waals surface area (Å²) in [6.07, 6.45) is -0.00536. The molecule has 194 valence electrons. The number of hydrogen-bond acceptors (Lipinski definition) is 5. The molecule has 1 saturated heterocycles. The van der Waals surface area contributed by atoms with Crippen LogP contribution in [-0.2, 0) is 31.3 Å². The van der Waals surface area contributed by atoms with Gasteiger partial charge >= 0.3 is 5.97 Å². The van der Waals surface area contributed by atoms with Gasteiger partial charge in [0.15, 0.2) is 5.78 Å². The molecule has 2 atom stereocenters. The lowest BCUT2D eigenvalue weighted by Crippen LogP contribution is -2.53. The Morgan fingerprint density at radius 3 is 1.92 bits per heavy atom. The molecule has 2 unspecified atom stereocenters. The quantitative estimate of drug-likeness (QED) is 0.302. The molecule has 2 aliphatic rings. The minimum atomic E-state index is -0.926. The second-order valence-electron chi connectivity index (χ2n) is 10.3. The third kappa shape index (κ3) is 4.10. The van der Waals surface area contributed by atoms with E-state index < -0.39 is 23.5 Å². The van der Waals surface area contributed by atoms with Crippen molar-refractivity contribution in [2.75, 3.05) is 6.54 Å². The van der Waals surface area contributed by atoms with E-state index in [1.165, 1.54) is 6.92 Å². The summed E-state index contributed by atoms with van der Waals surface area (Å²) >= 11 is 0. The Bertz CT molecular complexity index is 1500. The van der Waals surface area contributed by atoms with Gasteiger partial charge in [0.1, 0.15) is 18.4 Å². The van der Waals surface area contributed by atoms with Crippen LogP contribution in [0.2, 0.25) is 0 Å². The van der Waals surface area contributed by atoms with Crippen LogP contribution in [0.25, 0.3) is 11.1 Å². The highest BCUT2D eigenvalue weighted by atomic mass is 16.5. The fraction of sp³-hybridized carbons (Fsp3) is 0.206. The zero-order chi connectivity index (χ0) is 27.0. The first-order valence-electron chi connectivity index (χ1n) is 13.3. The van der Waals surface area contributed by atoms with Crippen molar-refractivity contribution in [1.29, 1.82) is 0 Å². The monoisotopic (exact) mass is 515 g/mol. The number of hydrogen-bond donors (Lipinski definition) is 0. The van der Waals surface area contributed by atoms with Crippen molar-refractivity contribution in [2.45, 2.75) is 31.5 Å². The van der Waals surface area contributed by atoms with Gasteiger partial charge in [0.2, 0.25) is 0 Å². The molecule has 1 heterocycles. The van der Waals surface area contributed by atoms with Crippen molar-refractivity contribution in [1.82, 2.24) is 4.90 Å². The first-order chi connectivity index (χ1) is 19.0. The molecule has 6 rings (SSSR count). The number of ketones is 2. The zero-order valence-electron chi connectivity index (χ0n) is 21.7. The number of carbonyl (C=O) groups excluding carboxylic acids is 3. The number of esters is 1. The molecule has 0 amide bonds. The zero-order valence-corrected chi connectivity index (χ0v) is 21.7. The number of carbonyl (C=O) groups is 3. The molecule has 1 aliphatic heterocycles. The number of likely N-dealkylation sites (tertiary alicyclic amines) is 1. The fourth-order valence-corrected chi connectivity index (χ4v) is 6.42. The maximum atomic E-state index is 14.0. The Kier molecular flexibility index (Phi) is 6.45. The van der Waals surface area contributed by atoms with Crippen molar-refractivity contribution in [2.24, 2.45) is 5.92 Å². The van der Waals surface area contributed by atoms with Crippen LogP contribution in [0.1, 0.15) is 35.6 Å². The van der Waals surface area contributed by atoms with Crippen LogP contribution >= 0.6 is 0 Å². The van der Waals surface area contributed by atoms with E-state index in [2.05, 4.69) is 24.3 Å². The molecule has 4 aromatic rings. The van der Waals surface area contributed by atoms with E-state index >= 15 is 0 Å². The Labute approximate surface area is 228 Å². The van der Waals surface area contributed by atoms with E-state index in [4.69, 9.17) is 4.74 Å². The topological polar surface area (TPSA) is 63.7 Å². The average Bonchev–Trinajstić information content (AvgIpc) is 3.45. The van der Waals surface area contributed by atoms with Crippen molar-refractivity contribution < 1.29 is 19.1 Å². The summed E-state index contributed by atoms with van der Waals surface area (Å²) in [4.78, 5) is 42.0. The normalized spacial score (nSPS) is 19.4. The molecule has 4 aromatic carbocycles. The first-order valence-corrected chi connectivity index (χ1v) is 13.3. The van der Waals surface area contributed by atoms with Crippen molar-refractivity contribution in [3.63, 3.8) is 0 Å². The Morgan fingerprint density at radius 2 is 1.33 bits per heavy atom. The summed E-state index contributed by atoms with van der Waals surface area (Å²) < 4.78 is 5.87. The average molecular weight is 516 g/mol. The molecule has 39 heavy (non-hydrogen) atoms. The standard InChI is InChI=1S/C34H29NO4/c1-23(36)20-28-31(37)21-35(32(28)33(38)39-22-24-12-4-2-5-13-24)34(25-14-6-3-7-15-25)29-18-10-8-16-26(29)27-17-9-11-19-30(27)34/h2-19,28,32H,20-22H2,1H3. The van der Waals surface area contributed by atoms with Crippen LogP contribution in [0.15, 0.2) is 109 Å². The SMILES string of the molecule is CC(=O)CC1C(=O)CN(C2(c3ccccc3)c3ccccc3-c3ccccc32)C1C(=O)OCc1ccccc1. The second kappa shape index (κ2) is 10.1. The predicted octanol–water partition coefficient (Wildman–Crippen LogP) is 5.55. The Hall–Kier alpha value is -4.35. The van der Waals surface area contributed by atoms with Crippen LogP contribution in [-0.4, -0.2) is 35.0 Å². The smallest absolute Gasteiger partial charge is 0.324 e. The van der Waals surface area contributed by atoms with E-state index in [1.54, 1.807) is 0 Å². The summed E-state index contributed by atoms with van der Waals surface area (Å²) in [5, 5.41) is 0. The van der Waals surface area contributed by atoms with E-state index in [0.29, 0.717) is 0 Å². The van der Waals surface area contributed by atoms with Gasteiger partial charge in [0, 0.05) is 6.42 Å². The first kappa shape index (κ1) is 25.0. The van der Waals surface area contributed by atoms with Gasteiger partial charge in [-0.2, -0.15) is 0 Å². The predicted molar refractivity (Wildman–Crippen MR) is 149 cm³/mol. The Morgan fingerprint density at radius 1 is 0.795 bits per heavy atom. The molecule has 0 aromatic heterocycles. The minimum Gasteiger partial charge on any atom is -0.460 e. The molecule has 1 fully saturated rings. The summed E-state index contributed by atoms with van der Waals surface area (Å²) in [5.74, 6) is -1.53. The lowest BCUT2D eigenvalue weighted by atomic mass is 9.78. The fourth-order valence-electron chi connectivity index (χ4n) is 6.42. The summed E-state index contributed by atoms with van der Waals surface area (Å²) in [6, 6.07) is 34.9. The molecule has 0 spiro atoms. The molecule has 0 bridgehead atoms. The van der Waals surface area contributed by atoms with Gasteiger partial charge in [-0.25, -0.2) is 0 Å². The van der Waals surface area contributed by atoms with E-state index in [0.717, 1.165) is 33.4 Å². The van der Waals surface area contributed by atoms with Crippen LogP contribution in [0.5, 0.6) is 0 Å². The minimum absolute atomic E-state index is 0.00536. The van der Waals surface area contributed by atoms with Gasteiger partial charge in [-0.15, -0.1) is 0 Å². The molecular weight excluding hydrogens is 486 g/mol. The van der Waals surface area contributed by atoms with Crippen LogP contribution in [0, 0.1) is 5.92 Å². The molecule has 1 aliphatic carbocycles. The molecular formula is C34H29NO4. The van der Waals surface area contributed by atoms with Crippen LogP contribution < -0.4 is 0 Å². The third-order valence-electron chi connectivity index (χ3n) is 7.98. The number of nitrogens with zero attached hydrogens (tertiary/aromatic N) is 1. The third-order valence-corrected chi connectivity index (χ3v) is 7.98. The van der Waals surface area contributed by atoms with Crippen LogP contribution in [0.3, 0.4) is 0 Å². The number of ether oxygens (including phenoxy) is 1. The van der Waals surface area contributed by atoms with Gasteiger partial charge in [-0.3, -0.25) is 14.5 Å². The van der Waals surface area contributed by atoms with Crippen molar-refractivity contribution in [3.05, 3.63) is 131 Å². The lowest BCUT2D eigenvalue weighted by Gasteiger charge is -2.44. The highest BCUT2D eigenvalue weighted by molar-refractivity contribution is 5.97. The maximum absolute atomic E-state index is 14.0. The van der Waals surface area contributed by atoms with Gasteiger partial charge < -0.3 is 9.53 Å². The number of fused-ring (bicyclic) bond motifs is 3. The summed E-state index contributed by atoms with van der Waals surface area (Å²) in [5.41, 5.74) is 5.06. The largest absolute Gasteiger partial charge is 0.460 e. The van der Waals surface area contributed by atoms with E-state index in [-0.39, 0.29) is 31.1 Å². The van der Waals surface area contributed by atoms with Gasteiger partial charge in [-0.1, -0.05) is 109 Å². The molecule has 5 nitrogen and oxygen atoms in total. The van der Waals surface area contributed by atoms with E-state index in [1.807, 2.05) is 89.8 Å². The van der Waals surface area contributed by atoms with Crippen molar-refractivity contribution >= 4 is 17.5 Å². The molecule has 0 saturated carbocycles. The lowest BCUT2D eigenvalue weighted by molar-refractivity contribution is -0.154. The molecule has 0 radical (unpaired) electrons. The second-order valence-corrected chi connectivity index (χ2v) is 10.3. The number of benzene rings is 4. The molecule has 0 N–H and O–H groups in total. The number of rotatable bonds is 7. The van der Waals surface area contributed by atoms with Crippen LogP contribution in [0.4, 0.5) is 0 Å². The van der Waals surface area contributed by atoms with Gasteiger partial charge in [0.05, 0.1) is 18.0 Å². The number of Topliss-reactive ketones (excluding diaryl/α,β-unsaturated/α-hetero) is 2. The van der Waals surface area contributed by atoms with Crippen molar-refractivity contribution in [3.8, 4) is 11.1 Å².